The maximum atomic E-state index is 12.9. The van der Waals surface area contributed by atoms with Gasteiger partial charge in [-0.25, -0.2) is 8.42 Å². The number of nitrogens with one attached hydrogen (secondary N) is 1. The molecular weight excluding hydrogens is 394 g/mol. The van der Waals surface area contributed by atoms with Crippen molar-refractivity contribution < 1.29 is 13.2 Å². The molecule has 0 spiro atoms. The zero-order chi connectivity index (χ0) is 20.1. The number of hydrogen-bond acceptors (Lipinski definition) is 5. The molecule has 6 nitrogen and oxygen atoms in total. The third-order valence-corrected chi connectivity index (χ3v) is 7.87. The number of carbonyl (C=O) groups excluding carboxylic acids is 1. The molecule has 1 amide bonds. The Balaban J connectivity index is 1.92. The Bertz CT molecular complexity index is 901. The van der Waals surface area contributed by atoms with Crippen molar-refractivity contribution in [2.24, 2.45) is 0 Å². The molecule has 28 heavy (non-hydrogen) atoms. The molecule has 2 aromatic rings. The molecule has 0 saturated carbocycles. The van der Waals surface area contributed by atoms with Crippen LogP contribution in [-0.2, 0) is 21.2 Å². The van der Waals surface area contributed by atoms with Crippen LogP contribution in [0.1, 0.15) is 31.6 Å². The Labute approximate surface area is 171 Å². The number of hydrogen-bond donors (Lipinski definition) is 1. The van der Waals surface area contributed by atoms with Crippen LogP contribution >= 0.6 is 11.3 Å². The minimum atomic E-state index is -3.58. The largest absolute Gasteiger partial charge is 0.370 e. The van der Waals surface area contributed by atoms with Crippen LogP contribution in [0.15, 0.2) is 40.6 Å². The van der Waals surface area contributed by atoms with Gasteiger partial charge in [0.2, 0.25) is 15.9 Å². The topological polar surface area (TPSA) is 69.7 Å². The van der Waals surface area contributed by atoms with Crippen LogP contribution < -0.4 is 10.2 Å². The van der Waals surface area contributed by atoms with Gasteiger partial charge in [0, 0.05) is 31.1 Å². The second kappa shape index (κ2) is 9.07. The lowest BCUT2D eigenvalue weighted by atomic mass is 10.2. The molecule has 8 heteroatoms. The highest BCUT2D eigenvalue weighted by Gasteiger charge is 2.25. The van der Waals surface area contributed by atoms with Gasteiger partial charge in [0.1, 0.15) is 0 Å². The highest BCUT2D eigenvalue weighted by Crippen LogP contribution is 2.32. The first-order valence-electron chi connectivity index (χ1n) is 9.67. The maximum Gasteiger partial charge on any atom is 0.243 e. The first kappa shape index (κ1) is 20.8. The molecule has 1 saturated heterocycles. The Morgan fingerprint density at radius 1 is 1.18 bits per heavy atom. The molecule has 0 unspecified atom stereocenters. The number of amides is 1. The first-order valence-corrected chi connectivity index (χ1v) is 12.0. The molecule has 0 bridgehead atoms. The lowest BCUT2D eigenvalue weighted by molar-refractivity contribution is -0.115. The Hall–Kier alpha value is -1.90. The molecular formula is C20H27N3O3S2. The number of benzene rings is 1. The van der Waals surface area contributed by atoms with Crippen LogP contribution in [0.25, 0.3) is 0 Å². The van der Waals surface area contributed by atoms with Gasteiger partial charge in [-0.05, 0) is 42.5 Å². The summed E-state index contributed by atoms with van der Waals surface area (Å²) in [6.45, 7) is 6.29. The van der Waals surface area contributed by atoms with Crippen molar-refractivity contribution in [1.29, 1.82) is 0 Å². The highest BCUT2D eigenvalue weighted by molar-refractivity contribution is 7.89. The fourth-order valence-electron chi connectivity index (χ4n) is 3.49. The Morgan fingerprint density at radius 2 is 1.89 bits per heavy atom. The average molecular weight is 422 g/mol. The molecule has 0 aliphatic carbocycles. The van der Waals surface area contributed by atoms with Gasteiger partial charge in [0.15, 0.2) is 0 Å². The monoisotopic (exact) mass is 421 g/mol. The van der Waals surface area contributed by atoms with E-state index in [1.807, 2.05) is 37.4 Å². The first-order chi connectivity index (χ1) is 13.5. The molecule has 0 radical (unpaired) electrons. The van der Waals surface area contributed by atoms with E-state index in [2.05, 4.69) is 10.2 Å². The summed E-state index contributed by atoms with van der Waals surface area (Å²) < 4.78 is 27.3. The SMILES string of the molecule is CCN(CC)S(=O)(=O)c1ccc(N2CCCC2)c(NC(=O)Cc2cccs2)c1. The van der Waals surface area contributed by atoms with Crippen molar-refractivity contribution in [1.82, 2.24) is 4.31 Å². The minimum absolute atomic E-state index is 0.139. The van der Waals surface area contributed by atoms with Crippen LogP contribution in [0.4, 0.5) is 11.4 Å². The molecule has 1 N–H and O–H groups in total. The number of thiophene rings is 1. The van der Waals surface area contributed by atoms with Crippen molar-refractivity contribution in [3.05, 3.63) is 40.6 Å². The molecule has 152 valence electrons. The molecule has 3 rings (SSSR count). The summed E-state index contributed by atoms with van der Waals surface area (Å²) in [5.41, 5.74) is 1.45. The van der Waals surface area contributed by atoms with E-state index in [1.165, 1.54) is 15.6 Å². The van der Waals surface area contributed by atoms with Crippen molar-refractivity contribution in [2.45, 2.75) is 38.0 Å². The number of rotatable bonds is 8. The van der Waals surface area contributed by atoms with E-state index < -0.39 is 10.0 Å². The van der Waals surface area contributed by atoms with Gasteiger partial charge in [0.25, 0.3) is 0 Å². The second-order valence-corrected chi connectivity index (χ2v) is 9.74. The van der Waals surface area contributed by atoms with Crippen molar-refractivity contribution in [2.75, 3.05) is 36.4 Å². The van der Waals surface area contributed by atoms with E-state index in [-0.39, 0.29) is 17.2 Å². The van der Waals surface area contributed by atoms with Gasteiger partial charge in [-0.2, -0.15) is 4.31 Å². The molecule has 1 aromatic carbocycles. The highest BCUT2D eigenvalue weighted by atomic mass is 32.2. The Morgan fingerprint density at radius 3 is 2.50 bits per heavy atom. The lowest BCUT2D eigenvalue weighted by Crippen LogP contribution is -2.31. The van der Waals surface area contributed by atoms with Gasteiger partial charge >= 0.3 is 0 Å². The zero-order valence-corrected chi connectivity index (χ0v) is 18.0. The van der Waals surface area contributed by atoms with Crippen molar-refractivity contribution >= 4 is 38.6 Å². The van der Waals surface area contributed by atoms with Crippen LogP contribution in [-0.4, -0.2) is 44.8 Å². The molecule has 2 heterocycles. The predicted octanol–water partition coefficient (Wildman–Crippen LogP) is 3.56. The zero-order valence-electron chi connectivity index (χ0n) is 16.3. The summed E-state index contributed by atoms with van der Waals surface area (Å²) in [6.07, 6.45) is 2.48. The summed E-state index contributed by atoms with van der Waals surface area (Å²) in [5.74, 6) is -0.139. The molecule has 1 fully saturated rings. The summed E-state index contributed by atoms with van der Waals surface area (Å²) in [7, 11) is -3.58. The van der Waals surface area contributed by atoms with Crippen LogP contribution in [0, 0.1) is 0 Å². The van der Waals surface area contributed by atoms with Gasteiger partial charge in [0.05, 0.1) is 22.7 Å². The van der Waals surface area contributed by atoms with Crippen LogP contribution in [0.2, 0.25) is 0 Å². The fraction of sp³-hybridized carbons (Fsp3) is 0.450. The van der Waals surface area contributed by atoms with Gasteiger partial charge < -0.3 is 10.2 Å². The summed E-state index contributed by atoms with van der Waals surface area (Å²) >= 11 is 1.53. The predicted molar refractivity (Wildman–Crippen MR) is 115 cm³/mol. The molecule has 1 aliphatic heterocycles. The number of anilines is 2. The number of sulfonamides is 1. The van der Waals surface area contributed by atoms with E-state index in [0.717, 1.165) is 36.5 Å². The van der Waals surface area contributed by atoms with E-state index >= 15 is 0 Å². The van der Waals surface area contributed by atoms with E-state index in [0.29, 0.717) is 18.8 Å². The van der Waals surface area contributed by atoms with E-state index in [4.69, 9.17) is 0 Å². The third kappa shape index (κ3) is 4.56. The minimum Gasteiger partial charge on any atom is -0.370 e. The fourth-order valence-corrected chi connectivity index (χ4v) is 5.68. The van der Waals surface area contributed by atoms with Crippen LogP contribution in [0.3, 0.4) is 0 Å². The van der Waals surface area contributed by atoms with Crippen LogP contribution in [0.5, 0.6) is 0 Å². The number of nitrogens with zero attached hydrogens (tertiary/aromatic N) is 2. The molecule has 0 atom stereocenters. The molecule has 1 aromatic heterocycles. The average Bonchev–Trinajstić information content (AvgIpc) is 3.36. The van der Waals surface area contributed by atoms with E-state index in [1.54, 1.807) is 12.1 Å². The summed E-state index contributed by atoms with van der Waals surface area (Å²) in [5, 5.41) is 4.90. The van der Waals surface area contributed by atoms with E-state index in [9.17, 15) is 13.2 Å². The lowest BCUT2D eigenvalue weighted by Gasteiger charge is -2.24. The smallest absolute Gasteiger partial charge is 0.243 e. The van der Waals surface area contributed by atoms with Crippen molar-refractivity contribution in [3.63, 3.8) is 0 Å². The summed E-state index contributed by atoms with van der Waals surface area (Å²) in [6, 6.07) is 8.92. The summed E-state index contributed by atoms with van der Waals surface area (Å²) in [4.78, 5) is 16.0. The van der Waals surface area contributed by atoms with Gasteiger partial charge in [-0.1, -0.05) is 19.9 Å². The third-order valence-electron chi connectivity index (χ3n) is 4.95. The normalized spacial score (nSPS) is 14.6. The second-order valence-electron chi connectivity index (χ2n) is 6.77. The molecule has 1 aliphatic rings. The Kier molecular flexibility index (Phi) is 6.74. The van der Waals surface area contributed by atoms with Gasteiger partial charge in [-0.15, -0.1) is 11.3 Å². The standard InChI is InChI=1S/C20H27N3O3S2/c1-3-23(4-2)28(25,26)17-9-10-19(22-11-5-6-12-22)18(15-17)21-20(24)14-16-8-7-13-27-16/h7-10,13,15H,3-6,11-12,14H2,1-2H3,(H,21,24). The number of carbonyl (C=O) groups is 1. The van der Waals surface area contributed by atoms with Crippen molar-refractivity contribution in [3.8, 4) is 0 Å². The maximum absolute atomic E-state index is 12.9. The quantitative estimate of drug-likeness (QED) is 0.708. The van der Waals surface area contributed by atoms with Gasteiger partial charge in [-0.3, -0.25) is 4.79 Å².